The molecule has 3 nitrogen and oxygen atoms in total. The van der Waals surface area contributed by atoms with Crippen molar-refractivity contribution in [1.82, 2.24) is 0 Å². The fourth-order valence-electron chi connectivity index (χ4n) is 2.55. The van der Waals surface area contributed by atoms with Gasteiger partial charge in [0.1, 0.15) is 23.0 Å². The number of hydrogen-bond acceptors (Lipinski definition) is 3. The van der Waals surface area contributed by atoms with E-state index in [0.29, 0.717) is 18.3 Å². The van der Waals surface area contributed by atoms with Crippen molar-refractivity contribution >= 4 is 17.3 Å². The molecule has 0 unspecified atom stereocenters. The Hall–Kier alpha value is -1.00. The van der Waals surface area contributed by atoms with E-state index in [1.165, 1.54) is 6.07 Å². The summed E-state index contributed by atoms with van der Waals surface area (Å²) in [5.74, 6) is 0.379. The summed E-state index contributed by atoms with van der Waals surface area (Å²) in [5.41, 5.74) is 5.27. The SMILES string of the molecule is Nc1ccc(OCC23CC(CO2)C3)c(Cl)c1F. The van der Waals surface area contributed by atoms with Gasteiger partial charge in [-0.25, -0.2) is 4.39 Å². The van der Waals surface area contributed by atoms with Crippen molar-refractivity contribution in [3.63, 3.8) is 0 Å². The van der Waals surface area contributed by atoms with Crippen LogP contribution in [0.4, 0.5) is 10.1 Å². The molecular weight excluding hydrogens is 245 g/mol. The minimum Gasteiger partial charge on any atom is -0.489 e. The lowest BCUT2D eigenvalue weighted by Gasteiger charge is -2.35. The van der Waals surface area contributed by atoms with Crippen LogP contribution in [0.1, 0.15) is 12.8 Å². The highest BCUT2D eigenvalue weighted by molar-refractivity contribution is 6.32. The second-order valence-corrected chi connectivity index (χ2v) is 5.22. The van der Waals surface area contributed by atoms with Crippen LogP contribution in [0.3, 0.4) is 0 Å². The molecule has 0 radical (unpaired) electrons. The molecule has 4 rings (SSSR count). The average molecular weight is 258 g/mol. The number of hydrogen-bond donors (Lipinski definition) is 1. The minimum atomic E-state index is -0.625. The van der Waals surface area contributed by atoms with E-state index in [-0.39, 0.29) is 16.3 Å². The third-order valence-electron chi connectivity index (χ3n) is 3.51. The van der Waals surface area contributed by atoms with Crippen molar-refractivity contribution in [2.45, 2.75) is 18.4 Å². The zero-order chi connectivity index (χ0) is 12.0. The summed E-state index contributed by atoms with van der Waals surface area (Å²) in [6.07, 6.45) is 2.06. The van der Waals surface area contributed by atoms with Crippen LogP contribution in [-0.2, 0) is 4.74 Å². The van der Waals surface area contributed by atoms with Gasteiger partial charge in [0.15, 0.2) is 5.82 Å². The van der Waals surface area contributed by atoms with Crippen molar-refractivity contribution in [3.05, 3.63) is 23.0 Å². The van der Waals surface area contributed by atoms with Gasteiger partial charge in [-0.05, 0) is 30.9 Å². The third kappa shape index (κ3) is 1.76. The maximum Gasteiger partial charge on any atom is 0.168 e. The van der Waals surface area contributed by atoms with Gasteiger partial charge >= 0.3 is 0 Å². The fourth-order valence-corrected chi connectivity index (χ4v) is 2.78. The molecular formula is C12H13ClFNO2. The van der Waals surface area contributed by atoms with Gasteiger partial charge in [0, 0.05) is 0 Å². The van der Waals surface area contributed by atoms with Crippen LogP contribution in [0.25, 0.3) is 0 Å². The number of ether oxygens (including phenoxy) is 2. The highest BCUT2D eigenvalue weighted by Gasteiger charge is 2.52. The molecule has 1 aliphatic carbocycles. The Bertz CT molecular complexity index is 455. The molecule has 2 heterocycles. The topological polar surface area (TPSA) is 44.5 Å². The Morgan fingerprint density at radius 2 is 2.29 bits per heavy atom. The number of benzene rings is 1. The maximum atomic E-state index is 13.4. The summed E-state index contributed by atoms with van der Waals surface area (Å²) < 4.78 is 24.6. The fraction of sp³-hybridized carbons (Fsp3) is 0.500. The molecule has 1 saturated carbocycles. The van der Waals surface area contributed by atoms with E-state index in [1.807, 2.05) is 0 Å². The monoisotopic (exact) mass is 257 g/mol. The van der Waals surface area contributed by atoms with Gasteiger partial charge in [0.05, 0.1) is 12.3 Å². The standard InChI is InChI=1S/C12H13ClFNO2/c13-10-9(2-1-8(15)11(10)14)16-6-12-3-7(4-12)5-17-12/h1-2,7H,3-6,15H2. The van der Waals surface area contributed by atoms with E-state index < -0.39 is 5.82 Å². The predicted molar refractivity (Wildman–Crippen MR) is 62.7 cm³/mol. The lowest BCUT2D eigenvalue weighted by atomic mass is 9.75. The molecule has 1 aromatic rings. The number of fused-ring (bicyclic) bond motifs is 1. The van der Waals surface area contributed by atoms with Gasteiger partial charge < -0.3 is 15.2 Å². The van der Waals surface area contributed by atoms with Crippen LogP contribution in [0, 0.1) is 11.7 Å². The minimum absolute atomic E-state index is 0.0290. The highest BCUT2D eigenvalue weighted by Crippen LogP contribution is 2.48. The van der Waals surface area contributed by atoms with Crippen molar-refractivity contribution < 1.29 is 13.9 Å². The largest absolute Gasteiger partial charge is 0.489 e. The second kappa shape index (κ2) is 3.75. The Morgan fingerprint density at radius 1 is 1.53 bits per heavy atom. The van der Waals surface area contributed by atoms with Gasteiger partial charge in [-0.1, -0.05) is 11.6 Å². The van der Waals surface area contributed by atoms with Crippen molar-refractivity contribution in [2.75, 3.05) is 18.9 Å². The molecule has 1 aromatic carbocycles. The molecule has 0 amide bonds. The van der Waals surface area contributed by atoms with Gasteiger partial charge in [0.25, 0.3) is 0 Å². The first kappa shape index (κ1) is 11.1. The second-order valence-electron chi connectivity index (χ2n) is 4.84. The molecule has 0 spiro atoms. The quantitative estimate of drug-likeness (QED) is 0.847. The van der Waals surface area contributed by atoms with E-state index in [2.05, 4.69) is 0 Å². The summed E-state index contributed by atoms with van der Waals surface area (Å²) in [4.78, 5) is 0. The molecule has 2 N–H and O–H groups in total. The number of nitrogen functional groups attached to an aromatic ring is 1. The number of rotatable bonds is 3. The van der Waals surface area contributed by atoms with Crippen molar-refractivity contribution in [2.24, 2.45) is 5.92 Å². The molecule has 2 saturated heterocycles. The van der Waals surface area contributed by atoms with E-state index in [1.54, 1.807) is 6.07 Å². The molecule has 17 heavy (non-hydrogen) atoms. The molecule has 0 aromatic heterocycles. The molecule has 3 fully saturated rings. The van der Waals surface area contributed by atoms with Crippen LogP contribution >= 0.6 is 11.6 Å². The lowest BCUT2D eigenvalue weighted by molar-refractivity contribution is -0.0358. The Labute approximate surface area is 104 Å². The number of halogens is 2. The highest BCUT2D eigenvalue weighted by atomic mass is 35.5. The molecule has 3 aliphatic rings. The van der Waals surface area contributed by atoms with E-state index >= 15 is 0 Å². The molecule has 2 bridgehead atoms. The Morgan fingerprint density at radius 3 is 2.94 bits per heavy atom. The van der Waals surface area contributed by atoms with Gasteiger partial charge in [-0.15, -0.1) is 0 Å². The number of nitrogens with two attached hydrogens (primary N) is 1. The lowest BCUT2D eigenvalue weighted by Crippen LogP contribution is -2.42. The zero-order valence-corrected chi connectivity index (χ0v) is 9.97. The van der Waals surface area contributed by atoms with Gasteiger partial charge in [-0.2, -0.15) is 0 Å². The normalized spacial score (nSPS) is 30.1. The summed E-state index contributed by atoms with van der Waals surface area (Å²) in [5, 5.41) is -0.0599. The summed E-state index contributed by atoms with van der Waals surface area (Å²) >= 11 is 5.82. The van der Waals surface area contributed by atoms with Crippen LogP contribution < -0.4 is 10.5 Å². The maximum absolute atomic E-state index is 13.4. The summed E-state index contributed by atoms with van der Waals surface area (Å²) in [7, 11) is 0. The van der Waals surface area contributed by atoms with Crippen molar-refractivity contribution in [1.29, 1.82) is 0 Å². The van der Waals surface area contributed by atoms with E-state index in [9.17, 15) is 4.39 Å². The van der Waals surface area contributed by atoms with E-state index in [4.69, 9.17) is 26.8 Å². The summed E-state index contributed by atoms with van der Waals surface area (Å²) in [6.45, 7) is 1.24. The van der Waals surface area contributed by atoms with Crippen LogP contribution in [0.15, 0.2) is 12.1 Å². The smallest absolute Gasteiger partial charge is 0.168 e. The summed E-state index contributed by atoms with van der Waals surface area (Å²) in [6, 6.07) is 3.04. The third-order valence-corrected chi connectivity index (χ3v) is 3.87. The first-order valence-electron chi connectivity index (χ1n) is 5.60. The van der Waals surface area contributed by atoms with Crippen LogP contribution in [0.2, 0.25) is 5.02 Å². The first-order valence-corrected chi connectivity index (χ1v) is 5.98. The first-order chi connectivity index (χ1) is 8.10. The molecule has 0 atom stereocenters. The molecule has 92 valence electrons. The van der Waals surface area contributed by atoms with Crippen LogP contribution in [0.5, 0.6) is 5.75 Å². The average Bonchev–Trinajstić information content (AvgIpc) is 2.84. The van der Waals surface area contributed by atoms with Gasteiger partial charge in [-0.3, -0.25) is 0 Å². The number of anilines is 1. The van der Waals surface area contributed by atoms with Crippen LogP contribution in [-0.4, -0.2) is 18.8 Å². The van der Waals surface area contributed by atoms with E-state index in [0.717, 1.165) is 19.4 Å². The molecule has 5 heteroatoms. The van der Waals surface area contributed by atoms with Crippen molar-refractivity contribution in [3.8, 4) is 5.75 Å². The Kier molecular flexibility index (Phi) is 2.45. The Balaban J connectivity index is 1.71. The molecule has 2 aliphatic heterocycles. The predicted octanol–water partition coefficient (Wildman–Crippen LogP) is 2.62. The van der Waals surface area contributed by atoms with Gasteiger partial charge in [0.2, 0.25) is 0 Å². The zero-order valence-electron chi connectivity index (χ0n) is 9.21.